The van der Waals surface area contributed by atoms with Gasteiger partial charge in [0.15, 0.2) is 0 Å². The summed E-state index contributed by atoms with van der Waals surface area (Å²) >= 11 is 0. The number of hydrogen-bond donors (Lipinski definition) is 2. The molecule has 1 aromatic rings. The zero-order valence-corrected chi connectivity index (χ0v) is 11.2. The fourth-order valence-electron chi connectivity index (χ4n) is 1.30. The summed E-state index contributed by atoms with van der Waals surface area (Å²) in [6.45, 7) is 0.760. The smallest absolute Gasteiger partial charge is 0.335 e. The van der Waals surface area contributed by atoms with Gasteiger partial charge < -0.3 is 15.2 Å². The predicted octanol–water partition coefficient (Wildman–Crippen LogP) is 0.255. The normalized spacial score (nSPS) is 11.8. The Labute approximate surface area is 113 Å². The maximum atomic E-state index is 11.8. The van der Waals surface area contributed by atoms with Crippen molar-refractivity contribution in [2.24, 2.45) is 0 Å². The molecule has 0 bridgehead atoms. The molecular formula is C12H15NO5S. The fraction of sp³-hybridized carbons (Fsp3) is 0.333. The van der Waals surface area contributed by atoms with Crippen LogP contribution in [0.5, 0.6) is 0 Å². The Bertz CT molecular complexity index is 472. The van der Waals surface area contributed by atoms with E-state index in [0.29, 0.717) is 18.0 Å². The average molecular weight is 285 g/mol. The lowest BCUT2D eigenvalue weighted by atomic mass is 10.2. The van der Waals surface area contributed by atoms with Crippen LogP contribution in [0, 0.1) is 0 Å². The number of benzene rings is 1. The van der Waals surface area contributed by atoms with Gasteiger partial charge in [0.05, 0.1) is 23.0 Å². The van der Waals surface area contributed by atoms with Gasteiger partial charge in [-0.15, -0.1) is 0 Å². The van der Waals surface area contributed by atoms with Gasteiger partial charge in [0, 0.05) is 18.6 Å². The van der Waals surface area contributed by atoms with E-state index in [2.05, 4.69) is 5.32 Å². The maximum absolute atomic E-state index is 11.8. The van der Waals surface area contributed by atoms with E-state index < -0.39 is 16.8 Å². The Hall–Kier alpha value is -1.73. The van der Waals surface area contributed by atoms with Gasteiger partial charge in [0.1, 0.15) is 5.75 Å². The van der Waals surface area contributed by atoms with Gasteiger partial charge in [-0.3, -0.25) is 9.00 Å². The molecule has 0 aliphatic carbocycles. The van der Waals surface area contributed by atoms with Crippen LogP contribution in [0.3, 0.4) is 0 Å². The number of carbonyl (C=O) groups is 2. The Morgan fingerprint density at radius 2 is 1.95 bits per heavy atom. The lowest BCUT2D eigenvalue weighted by Gasteiger charge is -2.05. The minimum absolute atomic E-state index is 0.116. The summed E-state index contributed by atoms with van der Waals surface area (Å²) in [7, 11) is 0.0359. The Morgan fingerprint density at radius 3 is 2.47 bits per heavy atom. The summed E-state index contributed by atoms with van der Waals surface area (Å²) in [5.74, 6) is -1.54. The lowest BCUT2D eigenvalue weighted by molar-refractivity contribution is -0.118. The standard InChI is InChI=1S/C12H15NO5S/c1-18-7-6-13-11(14)8-19(17)10-4-2-9(3-5-10)12(15)16/h2-5H,6-8H2,1H3,(H,13,14)(H,15,16). The molecule has 0 fully saturated rings. The molecule has 0 aliphatic rings. The molecule has 1 rings (SSSR count). The van der Waals surface area contributed by atoms with Crippen LogP contribution < -0.4 is 5.32 Å². The number of methoxy groups -OCH3 is 1. The van der Waals surface area contributed by atoms with Crippen LogP contribution in [-0.2, 0) is 20.3 Å². The molecule has 0 aromatic heterocycles. The SMILES string of the molecule is COCCNC(=O)CS(=O)c1ccc(C(=O)O)cc1. The number of amides is 1. The van der Waals surface area contributed by atoms with E-state index in [1.54, 1.807) is 0 Å². The molecule has 2 N–H and O–H groups in total. The molecule has 0 saturated carbocycles. The third-order valence-electron chi connectivity index (χ3n) is 2.25. The number of carboxylic acid groups (broad SMARTS) is 1. The molecule has 0 saturated heterocycles. The summed E-state index contributed by atoms with van der Waals surface area (Å²) in [6, 6.07) is 5.61. The van der Waals surface area contributed by atoms with E-state index in [4.69, 9.17) is 9.84 Å². The average Bonchev–Trinajstić information content (AvgIpc) is 2.39. The molecule has 104 valence electrons. The predicted molar refractivity (Wildman–Crippen MR) is 69.6 cm³/mol. The van der Waals surface area contributed by atoms with Crippen molar-refractivity contribution in [3.8, 4) is 0 Å². The minimum atomic E-state index is -1.49. The van der Waals surface area contributed by atoms with Crippen molar-refractivity contribution >= 4 is 22.7 Å². The van der Waals surface area contributed by atoms with E-state index in [-0.39, 0.29) is 17.2 Å². The fourth-order valence-corrected chi connectivity index (χ4v) is 2.24. The van der Waals surface area contributed by atoms with Gasteiger partial charge in [0.2, 0.25) is 5.91 Å². The number of carbonyl (C=O) groups excluding carboxylic acids is 1. The van der Waals surface area contributed by atoms with E-state index in [1.165, 1.54) is 31.4 Å². The molecule has 0 heterocycles. The summed E-state index contributed by atoms with van der Waals surface area (Å²) in [5.41, 5.74) is 0.116. The first-order chi connectivity index (χ1) is 9.04. The van der Waals surface area contributed by atoms with E-state index >= 15 is 0 Å². The number of ether oxygens (including phenoxy) is 1. The van der Waals surface area contributed by atoms with E-state index in [0.717, 1.165) is 0 Å². The van der Waals surface area contributed by atoms with Crippen molar-refractivity contribution in [1.29, 1.82) is 0 Å². The third-order valence-corrected chi connectivity index (χ3v) is 3.58. The molecule has 19 heavy (non-hydrogen) atoms. The molecule has 1 amide bonds. The second-order valence-corrected chi connectivity index (χ2v) is 5.11. The van der Waals surface area contributed by atoms with Crippen LogP contribution in [0.1, 0.15) is 10.4 Å². The maximum Gasteiger partial charge on any atom is 0.335 e. The van der Waals surface area contributed by atoms with Crippen LogP contribution in [0.15, 0.2) is 29.2 Å². The van der Waals surface area contributed by atoms with Gasteiger partial charge in [0.25, 0.3) is 0 Å². The van der Waals surface area contributed by atoms with Crippen LogP contribution >= 0.6 is 0 Å². The monoisotopic (exact) mass is 285 g/mol. The van der Waals surface area contributed by atoms with Gasteiger partial charge in [-0.05, 0) is 24.3 Å². The number of nitrogens with one attached hydrogen (secondary N) is 1. The summed E-state index contributed by atoms with van der Waals surface area (Å²) in [4.78, 5) is 22.5. The molecule has 1 atom stereocenters. The molecule has 6 nitrogen and oxygen atoms in total. The number of hydrogen-bond acceptors (Lipinski definition) is 4. The molecule has 0 radical (unpaired) electrons. The van der Waals surface area contributed by atoms with Crippen LogP contribution in [0.2, 0.25) is 0 Å². The summed E-state index contributed by atoms with van der Waals surface area (Å²) in [5, 5.41) is 11.3. The highest BCUT2D eigenvalue weighted by Gasteiger charge is 2.10. The van der Waals surface area contributed by atoms with Crippen molar-refractivity contribution in [3.05, 3.63) is 29.8 Å². The van der Waals surface area contributed by atoms with Crippen LogP contribution in [0.25, 0.3) is 0 Å². The second-order valence-electron chi connectivity index (χ2n) is 3.66. The third kappa shape index (κ3) is 5.19. The zero-order valence-electron chi connectivity index (χ0n) is 10.4. The Balaban J connectivity index is 2.53. The van der Waals surface area contributed by atoms with Crippen molar-refractivity contribution < 1.29 is 23.6 Å². The van der Waals surface area contributed by atoms with Crippen LogP contribution in [-0.4, -0.2) is 47.2 Å². The molecular weight excluding hydrogens is 270 g/mol. The van der Waals surface area contributed by atoms with E-state index in [1.807, 2.05) is 0 Å². The largest absolute Gasteiger partial charge is 0.478 e. The van der Waals surface area contributed by atoms with Gasteiger partial charge in [-0.25, -0.2) is 4.79 Å². The topological polar surface area (TPSA) is 92.7 Å². The van der Waals surface area contributed by atoms with Crippen LogP contribution in [0.4, 0.5) is 0 Å². The molecule has 7 heteroatoms. The van der Waals surface area contributed by atoms with E-state index in [9.17, 15) is 13.8 Å². The summed E-state index contributed by atoms with van der Waals surface area (Å²) in [6.07, 6.45) is 0. The highest BCUT2D eigenvalue weighted by Crippen LogP contribution is 2.09. The van der Waals surface area contributed by atoms with Crippen molar-refractivity contribution in [3.63, 3.8) is 0 Å². The second kappa shape index (κ2) is 7.65. The summed E-state index contributed by atoms with van der Waals surface area (Å²) < 4.78 is 16.6. The van der Waals surface area contributed by atoms with Gasteiger partial charge in [-0.2, -0.15) is 0 Å². The zero-order chi connectivity index (χ0) is 14.3. The van der Waals surface area contributed by atoms with Gasteiger partial charge >= 0.3 is 5.97 Å². The quantitative estimate of drug-likeness (QED) is 0.701. The van der Waals surface area contributed by atoms with Gasteiger partial charge in [-0.1, -0.05) is 0 Å². The first kappa shape index (κ1) is 15.3. The van der Waals surface area contributed by atoms with Crippen molar-refractivity contribution in [1.82, 2.24) is 5.32 Å². The van der Waals surface area contributed by atoms with Crippen molar-refractivity contribution in [2.75, 3.05) is 26.0 Å². The number of carboxylic acids is 1. The Morgan fingerprint density at radius 1 is 1.32 bits per heavy atom. The highest BCUT2D eigenvalue weighted by atomic mass is 32.2. The first-order valence-corrected chi connectivity index (χ1v) is 6.84. The molecule has 1 aromatic carbocycles. The number of rotatable bonds is 7. The minimum Gasteiger partial charge on any atom is -0.478 e. The Kier molecular flexibility index (Phi) is 6.17. The van der Waals surface area contributed by atoms with Crippen molar-refractivity contribution in [2.45, 2.75) is 4.90 Å². The molecule has 1 unspecified atom stereocenters. The highest BCUT2D eigenvalue weighted by molar-refractivity contribution is 7.85. The lowest BCUT2D eigenvalue weighted by Crippen LogP contribution is -2.31. The molecule has 0 spiro atoms. The first-order valence-electron chi connectivity index (χ1n) is 5.52. The molecule has 0 aliphatic heterocycles. The number of aromatic carboxylic acids is 1.